The molecule has 1 aromatic carbocycles. The molecular weight excluding hydrogens is 290 g/mol. The molecule has 0 aliphatic rings. The first kappa shape index (κ1) is 17.7. The first-order chi connectivity index (χ1) is 9.81. The van der Waals surface area contributed by atoms with Crippen molar-refractivity contribution in [3.63, 3.8) is 0 Å². The summed E-state index contributed by atoms with van der Waals surface area (Å²) >= 11 is 0. The van der Waals surface area contributed by atoms with E-state index in [2.05, 4.69) is 23.5 Å². The van der Waals surface area contributed by atoms with Gasteiger partial charge < -0.3 is 15.4 Å². The molecule has 0 aliphatic heterocycles. The maximum absolute atomic E-state index is 12.2. The van der Waals surface area contributed by atoms with Crippen LogP contribution < -0.4 is 15.2 Å². The Kier molecular flexibility index (Phi) is 6.44. The lowest BCUT2D eigenvalue weighted by atomic mass is 10.2. The van der Waals surface area contributed by atoms with Crippen LogP contribution in [0.2, 0.25) is 0 Å². The molecule has 0 saturated heterocycles. The molecule has 1 rings (SSSR count). The lowest BCUT2D eigenvalue weighted by molar-refractivity contribution is 0.256. The summed E-state index contributed by atoms with van der Waals surface area (Å²) in [5, 5.41) is 0. The van der Waals surface area contributed by atoms with Gasteiger partial charge in [-0.25, -0.2) is 13.1 Å². The van der Waals surface area contributed by atoms with E-state index in [-0.39, 0.29) is 4.90 Å². The highest BCUT2D eigenvalue weighted by Crippen LogP contribution is 2.24. The summed E-state index contributed by atoms with van der Waals surface area (Å²) in [5.74, 6) is 0.463. The molecule has 0 fully saturated rings. The van der Waals surface area contributed by atoms with Crippen LogP contribution in [0.4, 0.5) is 5.69 Å². The number of anilines is 1. The number of nitrogens with zero attached hydrogens (tertiary/aromatic N) is 1. The van der Waals surface area contributed by atoms with Crippen LogP contribution in [0.3, 0.4) is 0 Å². The van der Waals surface area contributed by atoms with Crippen LogP contribution in [0.1, 0.15) is 20.3 Å². The van der Waals surface area contributed by atoms with Crippen LogP contribution in [-0.4, -0.2) is 46.6 Å². The summed E-state index contributed by atoms with van der Waals surface area (Å²) < 4.78 is 32.0. The van der Waals surface area contributed by atoms with Crippen molar-refractivity contribution in [3.8, 4) is 5.75 Å². The Hall–Kier alpha value is -1.31. The van der Waals surface area contributed by atoms with Gasteiger partial charge in [-0.1, -0.05) is 6.92 Å². The van der Waals surface area contributed by atoms with E-state index in [1.165, 1.54) is 19.2 Å². The number of hydrogen-bond donors (Lipinski definition) is 2. The van der Waals surface area contributed by atoms with E-state index in [1.54, 1.807) is 6.07 Å². The van der Waals surface area contributed by atoms with Gasteiger partial charge in [-0.3, -0.25) is 0 Å². The number of benzene rings is 1. The average Bonchev–Trinajstić information content (AvgIpc) is 2.45. The van der Waals surface area contributed by atoms with Gasteiger partial charge in [0.1, 0.15) is 5.75 Å². The molecule has 0 bridgehead atoms. The highest BCUT2D eigenvalue weighted by Gasteiger charge is 2.16. The van der Waals surface area contributed by atoms with E-state index in [9.17, 15) is 8.42 Å². The number of sulfonamides is 1. The Labute approximate surface area is 127 Å². The van der Waals surface area contributed by atoms with Crippen molar-refractivity contribution in [1.82, 2.24) is 9.62 Å². The molecule has 3 N–H and O–H groups in total. The molecule has 0 radical (unpaired) electrons. The van der Waals surface area contributed by atoms with Gasteiger partial charge in [0, 0.05) is 19.1 Å². The highest BCUT2D eigenvalue weighted by atomic mass is 32.2. The predicted molar refractivity (Wildman–Crippen MR) is 85.0 cm³/mol. The third-order valence-corrected chi connectivity index (χ3v) is 5.07. The predicted octanol–water partition coefficient (Wildman–Crippen LogP) is 1.29. The molecule has 0 aliphatic carbocycles. The van der Waals surface area contributed by atoms with Crippen molar-refractivity contribution >= 4 is 15.7 Å². The zero-order valence-corrected chi connectivity index (χ0v) is 13.9. The zero-order chi connectivity index (χ0) is 16.0. The Bertz CT molecular complexity index is 561. The second-order valence-electron chi connectivity index (χ2n) is 5.04. The SMILES string of the molecule is CCC(C)N(C)CCNS(=O)(=O)c1ccc(OC)c(N)c1. The van der Waals surface area contributed by atoms with Gasteiger partial charge in [-0.15, -0.1) is 0 Å². The molecule has 0 heterocycles. The summed E-state index contributed by atoms with van der Waals surface area (Å²) in [6.07, 6.45) is 1.03. The van der Waals surface area contributed by atoms with Gasteiger partial charge in [-0.2, -0.15) is 0 Å². The van der Waals surface area contributed by atoms with E-state index >= 15 is 0 Å². The van der Waals surface area contributed by atoms with E-state index in [0.29, 0.717) is 30.6 Å². The highest BCUT2D eigenvalue weighted by molar-refractivity contribution is 7.89. The van der Waals surface area contributed by atoms with Crippen LogP contribution in [-0.2, 0) is 10.0 Å². The van der Waals surface area contributed by atoms with Gasteiger partial charge in [0.2, 0.25) is 10.0 Å². The van der Waals surface area contributed by atoms with Crippen LogP contribution >= 0.6 is 0 Å². The number of nitrogen functional groups attached to an aromatic ring is 1. The zero-order valence-electron chi connectivity index (χ0n) is 13.1. The third-order valence-electron chi connectivity index (χ3n) is 3.61. The van der Waals surface area contributed by atoms with E-state index in [0.717, 1.165) is 6.42 Å². The fraction of sp³-hybridized carbons (Fsp3) is 0.571. The van der Waals surface area contributed by atoms with Gasteiger partial charge in [0.15, 0.2) is 0 Å². The second kappa shape index (κ2) is 7.63. The summed E-state index contributed by atoms with van der Waals surface area (Å²) in [6, 6.07) is 4.86. The molecule has 0 aromatic heterocycles. The van der Waals surface area contributed by atoms with Crippen LogP contribution in [0, 0.1) is 0 Å². The van der Waals surface area contributed by atoms with E-state index in [4.69, 9.17) is 10.5 Å². The van der Waals surface area contributed by atoms with Gasteiger partial charge >= 0.3 is 0 Å². The minimum Gasteiger partial charge on any atom is -0.495 e. The Morgan fingerprint density at radius 2 is 2.10 bits per heavy atom. The molecule has 0 saturated carbocycles. The minimum atomic E-state index is -3.55. The molecule has 0 spiro atoms. The molecule has 6 nitrogen and oxygen atoms in total. The topological polar surface area (TPSA) is 84.7 Å². The average molecular weight is 315 g/mol. The van der Waals surface area contributed by atoms with E-state index in [1.807, 2.05) is 7.05 Å². The van der Waals surface area contributed by atoms with Gasteiger partial charge in [0.25, 0.3) is 0 Å². The van der Waals surface area contributed by atoms with Crippen molar-refractivity contribution < 1.29 is 13.2 Å². The Morgan fingerprint density at radius 3 is 2.62 bits per heavy atom. The number of ether oxygens (including phenoxy) is 1. The monoisotopic (exact) mass is 315 g/mol. The fourth-order valence-corrected chi connectivity index (χ4v) is 2.91. The van der Waals surface area contributed by atoms with Crippen LogP contribution in [0.25, 0.3) is 0 Å². The summed E-state index contributed by atoms with van der Waals surface area (Å²) in [5.41, 5.74) is 6.04. The number of likely N-dealkylation sites (N-methyl/N-ethyl adjacent to an activating group) is 1. The third kappa shape index (κ3) is 4.87. The lowest BCUT2D eigenvalue weighted by Gasteiger charge is -2.23. The van der Waals surface area contributed by atoms with Gasteiger partial charge in [-0.05, 0) is 38.6 Å². The molecule has 120 valence electrons. The Morgan fingerprint density at radius 1 is 1.43 bits per heavy atom. The first-order valence-corrected chi connectivity index (χ1v) is 8.43. The second-order valence-corrected chi connectivity index (χ2v) is 6.81. The number of rotatable bonds is 8. The normalized spacial score (nSPS) is 13.4. The maximum atomic E-state index is 12.2. The minimum absolute atomic E-state index is 0.145. The van der Waals surface area contributed by atoms with E-state index < -0.39 is 10.0 Å². The van der Waals surface area contributed by atoms with Crippen molar-refractivity contribution in [1.29, 1.82) is 0 Å². The van der Waals surface area contributed by atoms with Crippen LogP contribution in [0.15, 0.2) is 23.1 Å². The maximum Gasteiger partial charge on any atom is 0.240 e. The van der Waals surface area contributed by atoms with Crippen molar-refractivity contribution in [3.05, 3.63) is 18.2 Å². The standard InChI is InChI=1S/C14H25N3O3S/c1-5-11(2)17(3)9-8-16-21(18,19)12-6-7-14(20-4)13(15)10-12/h6-7,10-11,16H,5,8-9,15H2,1-4H3. The first-order valence-electron chi connectivity index (χ1n) is 6.95. The molecule has 7 heteroatoms. The quantitative estimate of drug-likeness (QED) is 0.706. The van der Waals surface area contributed by atoms with Crippen LogP contribution in [0.5, 0.6) is 5.75 Å². The molecule has 1 aromatic rings. The molecule has 1 atom stereocenters. The smallest absolute Gasteiger partial charge is 0.240 e. The lowest BCUT2D eigenvalue weighted by Crippen LogP contribution is -2.37. The molecular formula is C14H25N3O3S. The van der Waals surface area contributed by atoms with Crippen molar-refractivity contribution in [2.24, 2.45) is 0 Å². The number of nitrogens with two attached hydrogens (primary N) is 1. The number of nitrogens with one attached hydrogen (secondary N) is 1. The fourth-order valence-electron chi connectivity index (χ4n) is 1.85. The summed E-state index contributed by atoms with van der Waals surface area (Å²) in [7, 11) is -0.0791. The number of methoxy groups -OCH3 is 1. The summed E-state index contributed by atoms with van der Waals surface area (Å²) in [6.45, 7) is 5.22. The molecule has 0 amide bonds. The van der Waals surface area contributed by atoms with Gasteiger partial charge in [0.05, 0.1) is 17.7 Å². The van der Waals surface area contributed by atoms with Crippen molar-refractivity contribution in [2.75, 3.05) is 33.0 Å². The number of hydrogen-bond acceptors (Lipinski definition) is 5. The largest absolute Gasteiger partial charge is 0.495 e. The molecule has 1 unspecified atom stereocenters. The van der Waals surface area contributed by atoms with Crippen molar-refractivity contribution in [2.45, 2.75) is 31.2 Å². The Balaban J connectivity index is 2.68. The molecule has 21 heavy (non-hydrogen) atoms. The summed E-state index contributed by atoms with van der Waals surface area (Å²) in [4.78, 5) is 2.26.